The summed E-state index contributed by atoms with van der Waals surface area (Å²) in [4.78, 5) is 0. The summed E-state index contributed by atoms with van der Waals surface area (Å²) in [5.41, 5.74) is 0. The molecule has 0 atom stereocenters. The number of rotatable bonds is 5. The molecule has 0 aliphatic rings. The maximum Gasteiger partial charge on any atom is 0.127 e. The van der Waals surface area contributed by atoms with E-state index in [2.05, 4.69) is 24.3 Å². The van der Waals surface area contributed by atoms with Gasteiger partial charge >= 0.3 is 0 Å². The van der Waals surface area contributed by atoms with E-state index >= 15 is 0 Å². The van der Waals surface area contributed by atoms with E-state index < -0.39 is 0 Å². The zero-order chi connectivity index (χ0) is 11.9. The van der Waals surface area contributed by atoms with Crippen molar-refractivity contribution in [1.29, 1.82) is 5.26 Å². The van der Waals surface area contributed by atoms with Crippen LogP contribution in [-0.2, 0) is 0 Å². The topological polar surface area (TPSA) is 33.0 Å². The van der Waals surface area contributed by atoms with Gasteiger partial charge in [-0.3, -0.25) is 0 Å². The number of nitriles is 1. The van der Waals surface area contributed by atoms with Crippen molar-refractivity contribution in [2.75, 3.05) is 6.61 Å². The SMILES string of the molecule is N#CCC[CH]COc1cccc2ccccc12. The van der Waals surface area contributed by atoms with Crippen molar-refractivity contribution in [2.24, 2.45) is 0 Å². The highest BCUT2D eigenvalue weighted by atomic mass is 16.5. The highest BCUT2D eigenvalue weighted by Gasteiger charge is 2.00. The van der Waals surface area contributed by atoms with Gasteiger partial charge in [0.05, 0.1) is 12.7 Å². The first-order valence-electron chi connectivity index (χ1n) is 5.71. The molecule has 0 heterocycles. The quantitative estimate of drug-likeness (QED) is 0.725. The Morgan fingerprint density at radius 3 is 2.82 bits per heavy atom. The summed E-state index contributed by atoms with van der Waals surface area (Å²) in [7, 11) is 0. The van der Waals surface area contributed by atoms with Crippen LogP contribution >= 0.6 is 0 Å². The van der Waals surface area contributed by atoms with Crippen molar-refractivity contribution < 1.29 is 4.74 Å². The molecular formula is C15H14NO. The second kappa shape index (κ2) is 5.91. The van der Waals surface area contributed by atoms with Gasteiger partial charge in [0.25, 0.3) is 0 Å². The molecule has 0 bridgehead atoms. The average molecular weight is 224 g/mol. The Hall–Kier alpha value is -2.01. The van der Waals surface area contributed by atoms with Gasteiger partial charge in [0.15, 0.2) is 0 Å². The maximum atomic E-state index is 8.41. The van der Waals surface area contributed by atoms with Crippen molar-refractivity contribution in [3.8, 4) is 11.8 Å². The summed E-state index contributed by atoms with van der Waals surface area (Å²) in [5.74, 6) is 0.899. The number of hydrogen-bond donors (Lipinski definition) is 0. The largest absolute Gasteiger partial charge is 0.493 e. The number of ether oxygens (including phenoxy) is 1. The van der Waals surface area contributed by atoms with Crippen molar-refractivity contribution >= 4 is 10.8 Å². The lowest BCUT2D eigenvalue weighted by molar-refractivity contribution is 0.349. The molecule has 85 valence electrons. The Kier molecular flexibility index (Phi) is 3.99. The van der Waals surface area contributed by atoms with E-state index in [0.29, 0.717) is 13.0 Å². The Bertz CT molecular complexity index is 522. The van der Waals surface area contributed by atoms with Crippen LogP contribution in [0, 0.1) is 17.8 Å². The van der Waals surface area contributed by atoms with Crippen LogP contribution in [0.15, 0.2) is 42.5 Å². The predicted octanol–water partition coefficient (Wildman–Crippen LogP) is 3.73. The lowest BCUT2D eigenvalue weighted by atomic mass is 10.1. The number of hydrogen-bond acceptors (Lipinski definition) is 2. The molecule has 0 fully saturated rings. The number of fused-ring (bicyclic) bond motifs is 1. The van der Waals surface area contributed by atoms with Crippen LogP contribution in [0.5, 0.6) is 5.75 Å². The van der Waals surface area contributed by atoms with Gasteiger partial charge in [-0.15, -0.1) is 0 Å². The van der Waals surface area contributed by atoms with Crippen LogP contribution < -0.4 is 4.74 Å². The third-order valence-electron chi connectivity index (χ3n) is 2.57. The highest BCUT2D eigenvalue weighted by Crippen LogP contribution is 2.25. The third kappa shape index (κ3) is 2.98. The molecule has 0 spiro atoms. The minimum atomic E-state index is 0.551. The summed E-state index contributed by atoms with van der Waals surface area (Å²) >= 11 is 0. The molecule has 0 amide bonds. The molecule has 0 aliphatic heterocycles. The molecule has 2 heteroatoms. The van der Waals surface area contributed by atoms with Gasteiger partial charge in [0, 0.05) is 18.2 Å². The molecule has 2 nitrogen and oxygen atoms in total. The first-order valence-corrected chi connectivity index (χ1v) is 5.71. The van der Waals surface area contributed by atoms with Gasteiger partial charge in [0.2, 0.25) is 0 Å². The van der Waals surface area contributed by atoms with E-state index in [-0.39, 0.29) is 0 Å². The van der Waals surface area contributed by atoms with Gasteiger partial charge in [0.1, 0.15) is 5.75 Å². The Balaban J connectivity index is 2.01. The summed E-state index contributed by atoms with van der Waals surface area (Å²) in [6.07, 6.45) is 3.32. The van der Waals surface area contributed by atoms with E-state index in [1.54, 1.807) is 0 Å². The number of benzene rings is 2. The van der Waals surface area contributed by atoms with E-state index in [1.165, 1.54) is 5.39 Å². The van der Waals surface area contributed by atoms with Gasteiger partial charge in [-0.25, -0.2) is 0 Å². The lowest BCUT2D eigenvalue weighted by Gasteiger charge is -2.08. The molecule has 0 aromatic heterocycles. The van der Waals surface area contributed by atoms with Crippen molar-refractivity contribution in [2.45, 2.75) is 12.8 Å². The molecular weight excluding hydrogens is 210 g/mol. The van der Waals surface area contributed by atoms with E-state index in [1.807, 2.05) is 30.7 Å². The highest BCUT2D eigenvalue weighted by molar-refractivity contribution is 5.88. The van der Waals surface area contributed by atoms with Crippen LogP contribution in [0.1, 0.15) is 12.8 Å². The summed E-state index contributed by atoms with van der Waals surface area (Å²) in [6, 6.07) is 16.3. The second-order valence-corrected chi connectivity index (χ2v) is 3.77. The van der Waals surface area contributed by atoms with Crippen LogP contribution in [0.3, 0.4) is 0 Å². The Labute approximate surface area is 101 Å². The maximum absolute atomic E-state index is 8.41. The second-order valence-electron chi connectivity index (χ2n) is 3.77. The fraction of sp³-hybridized carbons (Fsp3) is 0.200. The standard InChI is InChI=1S/C15H14NO/c16-11-4-1-5-12-17-15-10-6-8-13-7-2-3-9-14(13)15/h2-3,5-10H,1,4,12H2. The minimum Gasteiger partial charge on any atom is -0.493 e. The van der Waals surface area contributed by atoms with Crippen LogP contribution in [-0.4, -0.2) is 6.61 Å². The summed E-state index contributed by atoms with van der Waals surface area (Å²) in [6.45, 7) is 0.551. The molecule has 2 aromatic carbocycles. The monoisotopic (exact) mass is 224 g/mol. The molecule has 0 aliphatic carbocycles. The molecule has 17 heavy (non-hydrogen) atoms. The fourth-order valence-electron chi connectivity index (χ4n) is 1.72. The summed E-state index contributed by atoms with van der Waals surface area (Å²) < 4.78 is 5.70. The van der Waals surface area contributed by atoms with Crippen molar-refractivity contribution in [3.63, 3.8) is 0 Å². The molecule has 1 radical (unpaired) electrons. The first kappa shape index (κ1) is 11.5. The predicted molar refractivity (Wildman–Crippen MR) is 68.6 cm³/mol. The first-order chi connectivity index (χ1) is 8.42. The van der Waals surface area contributed by atoms with Crippen LogP contribution in [0.25, 0.3) is 10.8 Å². The van der Waals surface area contributed by atoms with Crippen LogP contribution in [0.4, 0.5) is 0 Å². The summed E-state index contributed by atoms with van der Waals surface area (Å²) in [5, 5.41) is 10.7. The zero-order valence-corrected chi connectivity index (χ0v) is 9.60. The minimum absolute atomic E-state index is 0.551. The zero-order valence-electron chi connectivity index (χ0n) is 9.60. The van der Waals surface area contributed by atoms with Crippen molar-refractivity contribution in [1.82, 2.24) is 0 Å². The number of unbranched alkanes of at least 4 members (excludes halogenated alkanes) is 2. The van der Waals surface area contributed by atoms with E-state index in [9.17, 15) is 0 Å². The van der Waals surface area contributed by atoms with E-state index in [0.717, 1.165) is 17.6 Å². The number of nitrogens with zero attached hydrogens (tertiary/aromatic N) is 1. The van der Waals surface area contributed by atoms with Crippen molar-refractivity contribution in [3.05, 3.63) is 48.9 Å². The lowest BCUT2D eigenvalue weighted by Crippen LogP contribution is -1.98. The molecule has 0 saturated heterocycles. The third-order valence-corrected chi connectivity index (χ3v) is 2.57. The molecule has 0 unspecified atom stereocenters. The molecule has 2 aromatic rings. The normalized spacial score (nSPS) is 10.1. The van der Waals surface area contributed by atoms with Gasteiger partial charge in [-0.05, 0) is 17.9 Å². The molecule has 0 N–H and O–H groups in total. The smallest absolute Gasteiger partial charge is 0.127 e. The molecule has 0 saturated carbocycles. The van der Waals surface area contributed by atoms with Gasteiger partial charge in [-0.2, -0.15) is 5.26 Å². The Morgan fingerprint density at radius 1 is 1.12 bits per heavy atom. The molecule has 2 rings (SSSR count). The van der Waals surface area contributed by atoms with Gasteiger partial charge < -0.3 is 4.74 Å². The van der Waals surface area contributed by atoms with Crippen LogP contribution in [0.2, 0.25) is 0 Å². The average Bonchev–Trinajstić information content (AvgIpc) is 2.39. The Morgan fingerprint density at radius 2 is 1.94 bits per heavy atom. The fourth-order valence-corrected chi connectivity index (χ4v) is 1.72. The van der Waals surface area contributed by atoms with E-state index in [4.69, 9.17) is 10.00 Å². The van der Waals surface area contributed by atoms with Gasteiger partial charge in [-0.1, -0.05) is 36.4 Å².